The van der Waals surface area contributed by atoms with E-state index >= 15 is 0 Å². The van der Waals surface area contributed by atoms with E-state index in [2.05, 4.69) is 17.0 Å². The van der Waals surface area contributed by atoms with Gasteiger partial charge in [-0.25, -0.2) is 0 Å². The lowest BCUT2D eigenvalue weighted by atomic mass is 10.8. The van der Waals surface area contributed by atoms with Crippen molar-refractivity contribution < 1.29 is 9.09 Å². The van der Waals surface area contributed by atoms with Crippen molar-refractivity contribution in [3.8, 4) is 12.3 Å². The zero-order valence-corrected chi connectivity index (χ0v) is 5.93. The van der Waals surface area contributed by atoms with Crippen LogP contribution in [0, 0.1) is 12.3 Å². The highest BCUT2D eigenvalue weighted by molar-refractivity contribution is 7.39. The van der Waals surface area contributed by atoms with Gasteiger partial charge in [0.2, 0.25) is 0 Å². The third kappa shape index (κ3) is 5.23. The minimum atomic E-state index is -1.60. The first-order valence-electron chi connectivity index (χ1n) is 2.43. The lowest BCUT2D eigenvalue weighted by Gasteiger charge is -1.76. The molecule has 48 valence electrons. The van der Waals surface area contributed by atoms with Crippen molar-refractivity contribution in [2.24, 2.45) is 0 Å². The van der Waals surface area contributed by atoms with E-state index in [1.807, 2.05) is 0 Å². The summed E-state index contributed by atoms with van der Waals surface area (Å²) in [6, 6.07) is 0. The molecule has 0 heterocycles. The molecule has 0 saturated carbocycles. The predicted octanol–water partition coefficient (Wildman–Crippen LogP) is 1.56. The Morgan fingerprint density at radius 3 is 3.00 bits per heavy atom. The van der Waals surface area contributed by atoms with Crippen LogP contribution in [-0.2, 0) is 9.09 Å². The molecule has 0 aromatic heterocycles. The predicted molar refractivity (Wildman–Crippen MR) is 37.5 cm³/mol. The number of hydrogen-bond acceptors (Lipinski definition) is 2. The third-order valence-electron chi connectivity index (χ3n) is 0.570. The van der Waals surface area contributed by atoms with Crippen molar-refractivity contribution in [2.45, 2.75) is 0 Å². The minimum absolute atomic E-state index is 0.114. The van der Waals surface area contributed by atoms with E-state index in [-0.39, 0.29) is 6.61 Å². The third-order valence-corrected chi connectivity index (χ3v) is 1.54. The smallest absolute Gasteiger partial charge is 0.133 e. The number of terminal acetylenes is 1. The van der Waals surface area contributed by atoms with Gasteiger partial charge in [0, 0.05) is 0 Å². The van der Waals surface area contributed by atoms with Crippen LogP contribution < -0.4 is 0 Å². The van der Waals surface area contributed by atoms with Crippen LogP contribution in [0.3, 0.4) is 0 Å². The highest BCUT2D eigenvalue weighted by Gasteiger charge is 2.11. The van der Waals surface area contributed by atoms with Crippen LogP contribution in [-0.4, -0.2) is 12.8 Å². The molecule has 1 unspecified atom stereocenters. The van der Waals surface area contributed by atoms with Crippen molar-refractivity contribution in [1.29, 1.82) is 0 Å². The van der Waals surface area contributed by atoms with Gasteiger partial charge in [0.25, 0.3) is 0 Å². The summed E-state index contributed by atoms with van der Waals surface area (Å²) < 4.78 is 15.2. The molecule has 9 heavy (non-hydrogen) atoms. The Morgan fingerprint density at radius 1 is 1.89 bits per heavy atom. The Balaban J connectivity index is 3.29. The SMILES string of the molecule is C#CCO[P+](=O)CC=C. The van der Waals surface area contributed by atoms with Crippen molar-refractivity contribution in [3.63, 3.8) is 0 Å². The molecule has 0 bridgehead atoms. The van der Waals surface area contributed by atoms with Crippen LogP contribution in [0.15, 0.2) is 12.7 Å². The van der Waals surface area contributed by atoms with Gasteiger partial charge in [0.15, 0.2) is 12.8 Å². The zero-order valence-electron chi connectivity index (χ0n) is 5.04. The van der Waals surface area contributed by atoms with Crippen LogP contribution >= 0.6 is 8.03 Å². The number of allylic oxidation sites excluding steroid dienone is 1. The molecule has 0 saturated heterocycles. The fourth-order valence-corrected chi connectivity index (χ4v) is 0.802. The molecule has 0 N–H and O–H groups in total. The van der Waals surface area contributed by atoms with Gasteiger partial charge in [-0.1, -0.05) is 12.5 Å². The fraction of sp³-hybridized carbons (Fsp3) is 0.333. The number of hydrogen-bond donors (Lipinski definition) is 0. The standard InChI is InChI=1S/C6H8O2P/c1-3-5-8-9(7)6-4-2/h1,4H,2,5-6H2/q+1. The van der Waals surface area contributed by atoms with Gasteiger partial charge in [0.05, 0.1) is 0 Å². The molecule has 2 nitrogen and oxygen atoms in total. The monoisotopic (exact) mass is 143 g/mol. The Kier molecular flexibility index (Phi) is 5.11. The lowest BCUT2D eigenvalue weighted by Crippen LogP contribution is -1.80. The first-order valence-corrected chi connectivity index (χ1v) is 3.79. The summed E-state index contributed by atoms with van der Waals surface area (Å²) in [6.07, 6.45) is 6.75. The zero-order chi connectivity index (χ0) is 7.11. The summed E-state index contributed by atoms with van der Waals surface area (Å²) in [4.78, 5) is 0. The molecule has 3 heteroatoms. The summed E-state index contributed by atoms with van der Waals surface area (Å²) in [6.45, 7) is 3.51. The van der Waals surface area contributed by atoms with E-state index in [1.54, 1.807) is 0 Å². The average Bonchev–Trinajstić information content (AvgIpc) is 1.85. The van der Waals surface area contributed by atoms with E-state index in [1.165, 1.54) is 6.08 Å². The van der Waals surface area contributed by atoms with Gasteiger partial charge in [-0.2, -0.15) is 0 Å². The van der Waals surface area contributed by atoms with Crippen molar-refractivity contribution >= 4 is 8.03 Å². The van der Waals surface area contributed by atoms with Crippen molar-refractivity contribution in [1.82, 2.24) is 0 Å². The maximum Gasteiger partial charge on any atom is 0.513 e. The van der Waals surface area contributed by atoms with Crippen LogP contribution in [0.4, 0.5) is 0 Å². The topological polar surface area (TPSA) is 26.3 Å². The molecular weight excluding hydrogens is 135 g/mol. The molecule has 0 amide bonds. The van der Waals surface area contributed by atoms with Crippen LogP contribution in [0.5, 0.6) is 0 Å². The minimum Gasteiger partial charge on any atom is -0.133 e. The van der Waals surface area contributed by atoms with Crippen molar-refractivity contribution in [2.75, 3.05) is 12.8 Å². The van der Waals surface area contributed by atoms with Crippen LogP contribution in [0.1, 0.15) is 0 Å². The van der Waals surface area contributed by atoms with E-state index in [4.69, 9.17) is 6.42 Å². The summed E-state index contributed by atoms with van der Waals surface area (Å²) in [5.41, 5.74) is 0. The highest BCUT2D eigenvalue weighted by Crippen LogP contribution is 2.20. The molecule has 1 atom stereocenters. The highest BCUT2D eigenvalue weighted by atomic mass is 31.1. The molecule has 0 aliphatic rings. The second-order valence-corrected chi connectivity index (χ2v) is 2.57. The maximum atomic E-state index is 10.6. The Morgan fingerprint density at radius 2 is 2.56 bits per heavy atom. The lowest BCUT2D eigenvalue weighted by molar-refractivity contribution is 0.379. The van der Waals surface area contributed by atoms with Gasteiger partial charge < -0.3 is 0 Å². The molecule has 0 aliphatic carbocycles. The summed E-state index contributed by atoms with van der Waals surface area (Å²) in [5, 5.41) is 0. The molecule has 0 spiro atoms. The van der Waals surface area contributed by atoms with Gasteiger partial charge in [-0.15, -0.1) is 10.9 Å². The maximum absolute atomic E-state index is 10.6. The van der Waals surface area contributed by atoms with E-state index in [0.717, 1.165) is 0 Å². The second-order valence-electron chi connectivity index (χ2n) is 1.28. The first-order chi connectivity index (χ1) is 4.31. The van der Waals surface area contributed by atoms with Gasteiger partial charge in [-0.05, 0) is 10.6 Å². The Hall–Kier alpha value is -0.640. The second kappa shape index (κ2) is 5.50. The molecule has 0 aromatic carbocycles. The van der Waals surface area contributed by atoms with Crippen molar-refractivity contribution in [3.05, 3.63) is 12.7 Å². The molecule has 0 fully saturated rings. The molecule has 0 aliphatic heterocycles. The summed E-state index contributed by atoms with van der Waals surface area (Å²) in [5.74, 6) is 2.22. The molecule has 0 aromatic rings. The normalized spacial score (nSPS) is 9.89. The quantitative estimate of drug-likeness (QED) is 0.339. The van der Waals surface area contributed by atoms with E-state index in [9.17, 15) is 4.57 Å². The van der Waals surface area contributed by atoms with Gasteiger partial charge in [0.1, 0.15) is 0 Å². The fourth-order valence-electron chi connectivity index (χ4n) is 0.267. The Bertz CT molecular complexity index is 146. The van der Waals surface area contributed by atoms with E-state index in [0.29, 0.717) is 6.16 Å². The molecule has 0 rings (SSSR count). The Labute approximate surface area is 55.8 Å². The van der Waals surface area contributed by atoms with Gasteiger partial charge in [-0.3, -0.25) is 0 Å². The largest absolute Gasteiger partial charge is 0.513 e. The van der Waals surface area contributed by atoms with Gasteiger partial charge >= 0.3 is 8.03 Å². The van der Waals surface area contributed by atoms with Crippen LogP contribution in [0.2, 0.25) is 0 Å². The average molecular weight is 143 g/mol. The molecule has 0 radical (unpaired) electrons. The van der Waals surface area contributed by atoms with Crippen LogP contribution in [0.25, 0.3) is 0 Å². The molecular formula is C6H8O2P+. The number of rotatable bonds is 4. The summed E-state index contributed by atoms with van der Waals surface area (Å²) in [7, 11) is -1.60. The summed E-state index contributed by atoms with van der Waals surface area (Å²) >= 11 is 0. The first kappa shape index (κ1) is 8.36. The van der Waals surface area contributed by atoms with E-state index < -0.39 is 8.03 Å².